The Morgan fingerprint density at radius 2 is 1.59 bits per heavy atom. The Balaban J connectivity index is 0.00000420. The minimum absolute atomic E-state index is 0. The summed E-state index contributed by atoms with van der Waals surface area (Å²) in [4.78, 5) is -0.274. The van der Waals surface area contributed by atoms with Crippen LogP contribution in [0, 0.1) is 0 Å². The summed E-state index contributed by atoms with van der Waals surface area (Å²) in [6.07, 6.45) is 10.8. The fourth-order valence-electron chi connectivity index (χ4n) is 3.08. The second-order valence-corrected chi connectivity index (χ2v) is 8.48. The molecule has 0 fully saturated rings. The van der Waals surface area contributed by atoms with Crippen LogP contribution in [-0.2, 0) is 16.5 Å². The molecule has 7 heteroatoms. The molecule has 0 atom stereocenters. The van der Waals surface area contributed by atoms with Gasteiger partial charge in [-0.15, -0.1) is 0 Å². The molecule has 0 spiro atoms. The molecule has 1 N–H and O–H groups in total. The first-order valence-corrected chi connectivity index (χ1v) is 11.4. The first kappa shape index (κ1) is 26.6. The van der Waals surface area contributed by atoms with Crippen LogP contribution in [-0.4, -0.2) is 13.0 Å². The van der Waals surface area contributed by atoms with Crippen molar-refractivity contribution in [3.63, 3.8) is 0 Å². The molecule has 154 valence electrons. The van der Waals surface area contributed by atoms with E-state index in [9.17, 15) is 13.5 Å². The van der Waals surface area contributed by atoms with Crippen molar-refractivity contribution in [1.29, 1.82) is 0 Å². The van der Waals surface area contributed by atoms with Crippen molar-refractivity contribution in [1.82, 2.24) is 0 Å². The van der Waals surface area contributed by atoms with Crippen LogP contribution in [0.1, 0.15) is 63.9 Å². The number of hydrogen-bond donors (Lipinski definition) is 1. The Hall–Kier alpha value is -0.414. The van der Waals surface area contributed by atoms with Gasteiger partial charge in [0.2, 0.25) is 0 Å². The first-order valence-electron chi connectivity index (χ1n) is 9.95. The Kier molecular flexibility index (Phi) is 12.7. The predicted molar refractivity (Wildman–Crippen MR) is 109 cm³/mol. The van der Waals surface area contributed by atoms with Gasteiger partial charge in [-0.25, -0.2) is 0 Å². The van der Waals surface area contributed by atoms with Gasteiger partial charge in [0.05, 0.1) is 4.90 Å². The molecule has 0 saturated heterocycles. The topological polar surface area (TPSA) is 86.7 Å². The van der Waals surface area contributed by atoms with E-state index in [4.69, 9.17) is 9.29 Å². The minimum Gasteiger partial charge on any atom is -0.870 e. The van der Waals surface area contributed by atoms with Crippen molar-refractivity contribution in [2.45, 2.75) is 69.6 Å². The monoisotopic (exact) mass is 444 g/mol. The number of aryl methyl sites for hydroxylation is 1. The van der Waals surface area contributed by atoms with Gasteiger partial charge in [-0.3, -0.25) is 4.55 Å². The van der Waals surface area contributed by atoms with Crippen molar-refractivity contribution < 1.29 is 74.2 Å². The van der Waals surface area contributed by atoms with E-state index in [0.717, 1.165) is 18.4 Å². The van der Waals surface area contributed by atoms with Crippen LogP contribution in [0.3, 0.4) is 0 Å². The van der Waals surface area contributed by atoms with Gasteiger partial charge < -0.3 is 9.84 Å². The molecule has 0 heterocycles. The molecule has 0 aromatic heterocycles. The molecule has 0 saturated carbocycles. The van der Waals surface area contributed by atoms with Crippen LogP contribution < -0.4 is 61.2 Å². The van der Waals surface area contributed by atoms with Crippen LogP contribution in [0.5, 0.6) is 17.2 Å². The maximum absolute atomic E-state index is 12.3. The standard InChI is InChI=1S/C22H30O5S.K/c1-2-3-4-5-6-7-8-9-11-18-14-15-22(21(23)16-18)27-19-12-10-13-20(17-19)28(24,25)26;/h10,12-17,23H,2-9,11H2,1H3,(H,24,25,26);/q;+1/p-1. The van der Waals surface area contributed by atoms with Crippen LogP contribution in [0.15, 0.2) is 47.4 Å². The van der Waals surface area contributed by atoms with Crippen molar-refractivity contribution in [3.8, 4) is 17.2 Å². The molecule has 0 bridgehead atoms. The quantitative estimate of drug-likeness (QED) is 0.309. The summed E-state index contributed by atoms with van der Waals surface area (Å²) in [7, 11) is -4.31. The van der Waals surface area contributed by atoms with Crippen LogP contribution in [0.2, 0.25) is 0 Å². The Morgan fingerprint density at radius 1 is 0.931 bits per heavy atom. The molecule has 2 rings (SSSR count). The Morgan fingerprint density at radius 3 is 2.21 bits per heavy atom. The SMILES string of the molecule is CCCCCCCCCCc1ccc(Oc2cccc(S(=O)(=O)O)c2)c([O-])c1.[K+]. The molecule has 5 nitrogen and oxygen atoms in total. The van der Waals surface area contributed by atoms with Gasteiger partial charge in [0.1, 0.15) is 11.5 Å². The van der Waals surface area contributed by atoms with Gasteiger partial charge in [0.15, 0.2) is 0 Å². The Bertz CT molecular complexity index is 852. The molecule has 0 aliphatic heterocycles. The Labute approximate surface area is 217 Å². The summed E-state index contributed by atoms with van der Waals surface area (Å²) >= 11 is 0. The van der Waals surface area contributed by atoms with E-state index in [1.807, 2.05) is 6.07 Å². The third kappa shape index (κ3) is 9.96. The fraction of sp³-hybridized carbons (Fsp3) is 0.455. The van der Waals surface area contributed by atoms with Crippen molar-refractivity contribution >= 4 is 10.1 Å². The molecule has 0 aliphatic carbocycles. The molecular weight excluding hydrogens is 415 g/mol. The minimum atomic E-state index is -4.31. The van der Waals surface area contributed by atoms with E-state index in [2.05, 4.69) is 6.92 Å². The third-order valence-corrected chi connectivity index (χ3v) is 5.51. The second kappa shape index (κ2) is 13.8. The van der Waals surface area contributed by atoms with Gasteiger partial charge in [0, 0.05) is 6.07 Å². The zero-order valence-electron chi connectivity index (χ0n) is 17.4. The summed E-state index contributed by atoms with van der Waals surface area (Å²) in [5, 5.41) is 12.3. The van der Waals surface area contributed by atoms with Crippen molar-refractivity contribution in [2.75, 3.05) is 0 Å². The van der Waals surface area contributed by atoms with Gasteiger partial charge in [-0.2, -0.15) is 8.42 Å². The van der Waals surface area contributed by atoms with E-state index in [0.29, 0.717) is 0 Å². The number of rotatable bonds is 12. The maximum Gasteiger partial charge on any atom is 1.00 e. The molecule has 0 radical (unpaired) electrons. The summed E-state index contributed by atoms with van der Waals surface area (Å²) in [5.41, 5.74) is 0.981. The summed E-state index contributed by atoms with van der Waals surface area (Å²) in [6, 6.07) is 10.5. The zero-order valence-corrected chi connectivity index (χ0v) is 21.3. The first-order chi connectivity index (χ1) is 13.4. The molecule has 2 aromatic rings. The smallest absolute Gasteiger partial charge is 0.870 e. The predicted octanol–water partition coefficient (Wildman–Crippen LogP) is 2.49. The van der Waals surface area contributed by atoms with Gasteiger partial charge in [0.25, 0.3) is 10.1 Å². The maximum atomic E-state index is 12.3. The molecule has 0 amide bonds. The molecule has 0 unspecified atom stereocenters. The summed E-state index contributed by atoms with van der Waals surface area (Å²) in [5.74, 6) is 0.0736. The number of unbranched alkanes of at least 4 members (excludes halogenated alkanes) is 7. The zero-order chi connectivity index (χ0) is 20.4. The molecule has 0 aliphatic rings. The number of ether oxygens (including phenoxy) is 1. The fourth-order valence-corrected chi connectivity index (χ4v) is 3.60. The average Bonchev–Trinajstić information content (AvgIpc) is 2.65. The van der Waals surface area contributed by atoms with Crippen LogP contribution in [0.4, 0.5) is 0 Å². The third-order valence-electron chi connectivity index (χ3n) is 4.66. The normalized spacial score (nSPS) is 11.1. The van der Waals surface area contributed by atoms with Gasteiger partial charge in [-0.1, -0.05) is 75.8 Å². The van der Waals surface area contributed by atoms with E-state index < -0.39 is 10.1 Å². The van der Waals surface area contributed by atoms with Gasteiger partial charge in [-0.05, 0) is 36.6 Å². The summed E-state index contributed by atoms with van der Waals surface area (Å²) < 4.78 is 37.0. The average molecular weight is 445 g/mol. The van der Waals surface area contributed by atoms with Crippen LogP contribution >= 0.6 is 0 Å². The van der Waals surface area contributed by atoms with E-state index in [-0.39, 0.29) is 73.5 Å². The number of benzene rings is 2. The van der Waals surface area contributed by atoms with Crippen molar-refractivity contribution in [2.24, 2.45) is 0 Å². The van der Waals surface area contributed by atoms with Crippen LogP contribution in [0.25, 0.3) is 0 Å². The molecule has 2 aromatic carbocycles. The van der Waals surface area contributed by atoms with Gasteiger partial charge >= 0.3 is 51.4 Å². The van der Waals surface area contributed by atoms with Crippen molar-refractivity contribution in [3.05, 3.63) is 48.0 Å². The number of hydrogen-bond acceptors (Lipinski definition) is 4. The summed E-state index contributed by atoms with van der Waals surface area (Å²) in [6.45, 7) is 2.22. The second-order valence-electron chi connectivity index (χ2n) is 7.06. The molecule has 29 heavy (non-hydrogen) atoms. The van der Waals surface area contributed by atoms with E-state index in [1.54, 1.807) is 12.1 Å². The van der Waals surface area contributed by atoms with E-state index in [1.165, 1.54) is 69.2 Å². The van der Waals surface area contributed by atoms with E-state index >= 15 is 0 Å². The molecular formula is C22H29KO5S. The largest absolute Gasteiger partial charge is 1.00 e.